The molecule has 2 heterocycles. The Balaban J connectivity index is 2.38. The molecule has 0 bridgehead atoms. The first kappa shape index (κ1) is 11.1. The van der Waals surface area contributed by atoms with Crippen LogP contribution < -0.4 is 5.32 Å². The summed E-state index contributed by atoms with van der Waals surface area (Å²) in [5.41, 5.74) is 2.47. The molecule has 0 radical (unpaired) electrons. The number of aromatic nitrogens is 3. The zero-order chi connectivity index (χ0) is 12.1. The lowest BCUT2D eigenvalue weighted by Crippen LogP contribution is -2.19. The fourth-order valence-electron chi connectivity index (χ4n) is 1.46. The number of imidazole rings is 1. The molecule has 2 N–H and O–H groups in total. The second-order valence-corrected chi connectivity index (χ2v) is 3.29. The molecule has 0 amide bonds. The second kappa shape index (κ2) is 5.07. The van der Waals surface area contributed by atoms with Crippen LogP contribution in [0.2, 0.25) is 0 Å². The summed E-state index contributed by atoms with van der Waals surface area (Å²) < 4.78 is 0. The Labute approximate surface area is 99.4 Å². The fourth-order valence-corrected chi connectivity index (χ4v) is 1.46. The number of rotatable bonds is 3. The van der Waals surface area contributed by atoms with E-state index in [1.54, 1.807) is 25.8 Å². The van der Waals surface area contributed by atoms with Gasteiger partial charge in [-0.3, -0.25) is 4.99 Å². The van der Waals surface area contributed by atoms with Crippen molar-refractivity contribution in [2.45, 2.75) is 0 Å². The SMILES string of the molecule is C=CNC(=NC)c1cccc(-c2cnc[nH]2)n1. The average Bonchev–Trinajstić information content (AvgIpc) is 2.90. The van der Waals surface area contributed by atoms with Gasteiger partial charge in [-0.25, -0.2) is 9.97 Å². The smallest absolute Gasteiger partial charge is 0.151 e. The van der Waals surface area contributed by atoms with Crippen molar-refractivity contribution in [3.8, 4) is 11.4 Å². The monoisotopic (exact) mass is 227 g/mol. The van der Waals surface area contributed by atoms with E-state index in [-0.39, 0.29) is 0 Å². The minimum absolute atomic E-state index is 0.682. The number of aliphatic imine (C=N–C) groups is 1. The fraction of sp³-hybridized carbons (Fsp3) is 0.0833. The van der Waals surface area contributed by atoms with Gasteiger partial charge in [0.15, 0.2) is 5.84 Å². The first-order valence-corrected chi connectivity index (χ1v) is 5.15. The molecule has 0 aliphatic rings. The number of pyridine rings is 1. The third-order valence-electron chi connectivity index (χ3n) is 2.23. The molecule has 0 saturated heterocycles. The molecule has 86 valence electrons. The minimum atomic E-state index is 0.682. The summed E-state index contributed by atoms with van der Waals surface area (Å²) in [4.78, 5) is 15.6. The summed E-state index contributed by atoms with van der Waals surface area (Å²) in [5, 5.41) is 2.95. The first-order chi connectivity index (χ1) is 8.35. The van der Waals surface area contributed by atoms with Crippen LogP contribution in [-0.2, 0) is 0 Å². The largest absolute Gasteiger partial charge is 0.346 e. The number of nitrogens with zero attached hydrogens (tertiary/aromatic N) is 3. The molecule has 0 atom stereocenters. The average molecular weight is 227 g/mol. The Morgan fingerprint density at radius 1 is 1.53 bits per heavy atom. The summed E-state index contributed by atoms with van der Waals surface area (Å²) >= 11 is 0. The van der Waals surface area contributed by atoms with E-state index < -0.39 is 0 Å². The van der Waals surface area contributed by atoms with Gasteiger partial charge in [0.05, 0.1) is 23.9 Å². The molecule has 2 rings (SSSR count). The Hall–Kier alpha value is -2.43. The molecule has 5 heteroatoms. The van der Waals surface area contributed by atoms with Crippen molar-refractivity contribution in [2.24, 2.45) is 4.99 Å². The predicted molar refractivity (Wildman–Crippen MR) is 67.6 cm³/mol. The maximum Gasteiger partial charge on any atom is 0.151 e. The Kier molecular flexibility index (Phi) is 3.30. The highest BCUT2D eigenvalue weighted by Gasteiger charge is 2.05. The molecule has 0 saturated carbocycles. The maximum absolute atomic E-state index is 4.49. The van der Waals surface area contributed by atoms with Crippen molar-refractivity contribution in [3.63, 3.8) is 0 Å². The standard InChI is InChI=1S/C12H13N5/c1-3-15-12(13-2)10-6-4-5-9(17-10)11-7-14-8-16-11/h3-8H,1H2,2H3,(H,13,15)(H,14,16). The van der Waals surface area contributed by atoms with Crippen LogP contribution in [0.4, 0.5) is 0 Å². The number of nitrogens with one attached hydrogen (secondary N) is 2. The van der Waals surface area contributed by atoms with Crippen LogP contribution in [0.1, 0.15) is 5.69 Å². The molecule has 0 fully saturated rings. The molecule has 2 aromatic rings. The molecule has 17 heavy (non-hydrogen) atoms. The zero-order valence-corrected chi connectivity index (χ0v) is 9.51. The van der Waals surface area contributed by atoms with Gasteiger partial charge in [-0.1, -0.05) is 12.6 Å². The van der Waals surface area contributed by atoms with Crippen molar-refractivity contribution in [1.29, 1.82) is 0 Å². The molecular weight excluding hydrogens is 214 g/mol. The number of H-pyrrole nitrogens is 1. The van der Waals surface area contributed by atoms with Crippen molar-refractivity contribution in [3.05, 3.63) is 49.2 Å². The molecule has 5 nitrogen and oxygen atoms in total. The van der Waals surface area contributed by atoms with Crippen LogP contribution in [0.15, 0.2) is 48.5 Å². The van der Waals surface area contributed by atoms with Gasteiger partial charge in [-0.05, 0) is 18.3 Å². The van der Waals surface area contributed by atoms with E-state index in [1.807, 2.05) is 18.2 Å². The van der Waals surface area contributed by atoms with Crippen LogP contribution in [0.3, 0.4) is 0 Å². The highest BCUT2D eigenvalue weighted by molar-refractivity contribution is 5.97. The molecule has 0 aliphatic carbocycles. The maximum atomic E-state index is 4.49. The number of hydrogen-bond acceptors (Lipinski definition) is 3. The van der Waals surface area contributed by atoms with Gasteiger partial charge in [0.1, 0.15) is 5.69 Å². The van der Waals surface area contributed by atoms with Crippen LogP contribution in [0.5, 0.6) is 0 Å². The molecular formula is C12H13N5. The van der Waals surface area contributed by atoms with Crippen LogP contribution in [0.25, 0.3) is 11.4 Å². The van der Waals surface area contributed by atoms with Crippen molar-refractivity contribution in [1.82, 2.24) is 20.3 Å². The molecule has 0 spiro atoms. The van der Waals surface area contributed by atoms with Gasteiger partial charge >= 0.3 is 0 Å². The van der Waals surface area contributed by atoms with E-state index in [9.17, 15) is 0 Å². The van der Waals surface area contributed by atoms with E-state index >= 15 is 0 Å². The lowest BCUT2D eigenvalue weighted by molar-refractivity contribution is 1.17. The van der Waals surface area contributed by atoms with E-state index in [0.29, 0.717) is 5.84 Å². The topological polar surface area (TPSA) is 66.0 Å². The number of hydrogen-bond donors (Lipinski definition) is 2. The van der Waals surface area contributed by atoms with Crippen molar-refractivity contribution in [2.75, 3.05) is 7.05 Å². The van der Waals surface area contributed by atoms with E-state index in [4.69, 9.17) is 0 Å². The minimum Gasteiger partial charge on any atom is -0.346 e. The third kappa shape index (κ3) is 2.39. The van der Waals surface area contributed by atoms with Gasteiger partial charge in [-0.2, -0.15) is 0 Å². The normalized spacial score (nSPS) is 11.2. The molecule has 0 unspecified atom stereocenters. The van der Waals surface area contributed by atoms with E-state index in [0.717, 1.165) is 17.1 Å². The molecule has 0 aliphatic heterocycles. The Morgan fingerprint density at radius 3 is 3.06 bits per heavy atom. The van der Waals surface area contributed by atoms with E-state index in [1.165, 1.54) is 0 Å². The van der Waals surface area contributed by atoms with E-state index in [2.05, 4.69) is 31.8 Å². The lowest BCUT2D eigenvalue weighted by Gasteiger charge is -2.05. The summed E-state index contributed by atoms with van der Waals surface area (Å²) in [7, 11) is 1.70. The Bertz CT molecular complexity index is 528. The summed E-state index contributed by atoms with van der Waals surface area (Å²) in [5.74, 6) is 0.682. The van der Waals surface area contributed by atoms with Gasteiger partial charge in [-0.15, -0.1) is 0 Å². The summed E-state index contributed by atoms with van der Waals surface area (Å²) in [6, 6.07) is 5.73. The highest BCUT2D eigenvalue weighted by Crippen LogP contribution is 2.13. The second-order valence-electron chi connectivity index (χ2n) is 3.29. The lowest BCUT2D eigenvalue weighted by atomic mass is 10.2. The van der Waals surface area contributed by atoms with Crippen molar-refractivity contribution < 1.29 is 0 Å². The van der Waals surface area contributed by atoms with Gasteiger partial charge in [0, 0.05) is 7.05 Å². The first-order valence-electron chi connectivity index (χ1n) is 5.15. The van der Waals surface area contributed by atoms with Crippen molar-refractivity contribution >= 4 is 5.84 Å². The highest BCUT2D eigenvalue weighted by atomic mass is 15.0. The van der Waals surface area contributed by atoms with Crippen LogP contribution in [-0.4, -0.2) is 27.8 Å². The van der Waals surface area contributed by atoms with Gasteiger partial charge in [0.2, 0.25) is 0 Å². The molecule has 0 aromatic carbocycles. The summed E-state index contributed by atoms with van der Waals surface area (Å²) in [6.07, 6.45) is 4.93. The van der Waals surface area contributed by atoms with Gasteiger partial charge in [0.25, 0.3) is 0 Å². The number of aromatic amines is 1. The van der Waals surface area contributed by atoms with Crippen LogP contribution >= 0.6 is 0 Å². The Morgan fingerprint density at radius 2 is 2.41 bits per heavy atom. The molecule has 2 aromatic heterocycles. The third-order valence-corrected chi connectivity index (χ3v) is 2.23. The van der Waals surface area contributed by atoms with Crippen LogP contribution in [0, 0.1) is 0 Å². The predicted octanol–water partition coefficient (Wildman–Crippen LogP) is 1.58. The van der Waals surface area contributed by atoms with Gasteiger partial charge < -0.3 is 10.3 Å². The number of amidine groups is 1. The summed E-state index contributed by atoms with van der Waals surface area (Å²) in [6.45, 7) is 3.61. The zero-order valence-electron chi connectivity index (χ0n) is 9.51. The quantitative estimate of drug-likeness (QED) is 0.618.